The SMILES string of the molecule is CCCN(C)c1cc(Cl)nc(SCc2ccc(C(=O)N3CCN(CC=Cc4ccccc4)CC3)cc2)n1. The van der Waals surface area contributed by atoms with Gasteiger partial charge in [-0.2, -0.15) is 0 Å². The van der Waals surface area contributed by atoms with Crippen LogP contribution in [0.1, 0.15) is 34.8 Å². The average molecular weight is 536 g/mol. The Labute approximate surface area is 229 Å². The van der Waals surface area contributed by atoms with Crippen molar-refractivity contribution < 1.29 is 4.79 Å². The fraction of sp³-hybridized carbons (Fsp3) is 0.345. The Balaban J connectivity index is 1.25. The lowest BCUT2D eigenvalue weighted by Gasteiger charge is -2.34. The van der Waals surface area contributed by atoms with Gasteiger partial charge in [0.25, 0.3) is 5.91 Å². The summed E-state index contributed by atoms with van der Waals surface area (Å²) in [6, 6.07) is 20.0. The summed E-state index contributed by atoms with van der Waals surface area (Å²) in [5.74, 6) is 1.64. The van der Waals surface area contributed by atoms with E-state index in [1.165, 1.54) is 5.56 Å². The molecule has 0 spiro atoms. The van der Waals surface area contributed by atoms with Crippen molar-refractivity contribution in [2.24, 2.45) is 0 Å². The van der Waals surface area contributed by atoms with E-state index >= 15 is 0 Å². The van der Waals surface area contributed by atoms with E-state index in [-0.39, 0.29) is 5.91 Å². The third-order valence-corrected chi connectivity index (χ3v) is 7.42. The first-order valence-corrected chi connectivity index (χ1v) is 14.1. The summed E-state index contributed by atoms with van der Waals surface area (Å²) in [5, 5.41) is 1.10. The molecule has 0 atom stereocenters. The molecule has 0 bridgehead atoms. The first kappa shape index (κ1) is 27.2. The van der Waals surface area contributed by atoms with Gasteiger partial charge in [-0.05, 0) is 29.7 Å². The van der Waals surface area contributed by atoms with E-state index in [0.717, 1.165) is 62.6 Å². The Hall–Kier alpha value is -2.87. The Kier molecular flexibility index (Phi) is 9.99. The largest absolute Gasteiger partial charge is 0.360 e. The van der Waals surface area contributed by atoms with Crippen LogP contribution in [0.25, 0.3) is 6.08 Å². The van der Waals surface area contributed by atoms with Crippen molar-refractivity contribution in [3.05, 3.63) is 88.6 Å². The topological polar surface area (TPSA) is 52.6 Å². The molecule has 2 heterocycles. The molecule has 3 aromatic rings. The van der Waals surface area contributed by atoms with E-state index in [1.807, 2.05) is 54.4 Å². The molecular weight excluding hydrogens is 502 g/mol. The van der Waals surface area contributed by atoms with Crippen LogP contribution in [0, 0.1) is 0 Å². The molecule has 1 aliphatic rings. The molecule has 1 fully saturated rings. The maximum atomic E-state index is 13.0. The van der Waals surface area contributed by atoms with Crippen molar-refractivity contribution in [2.45, 2.75) is 24.3 Å². The molecule has 1 saturated heterocycles. The number of carbonyl (C=O) groups excluding carboxylic acids is 1. The van der Waals surface area contributed by atoms with Crippen molar-refractivity contribution in [2.75, 3.05) is 51.2 Å². The molecule has 37 heavy (non-hydrogen) atoms. The molecule has 0 N–H and O–H groups in total. The standard InChI is InChI=1S/C29H34ClN5OS/c1-3-15-33(2)27-21-26(30)31-29(32-27)37-22-24-11-13-25(14-12-24)28(36)35-19-17-34(18-20-35)16-7-10-23-8-5-4-6-9-23/h4-14,21H,3,15-20,22H2,1-2H3. The lowest BCUT2D eigenvalue weighted by molar-refractivity contribution is 0.0650. The summed E-state index contributed by atoms with van der Waals surface area (Å²) >= 11 is 7.77. The minimum absolute atomic E-state index is 0.0976. The van der Waals surface area contributed by atoms with Crippen LogP contribution >= 0.6 is 23.4 Å². The molecular formula is C29H34ClN5OS. The average Bonchev–Trinajstić information content (AvgIpc) is 2.93. The minimum Gasteiger partial charge on any atom is -0.360 e. The number of thioether (sulfide) groups is 1. The number of halogens is 1. The highest BCUT2D eigenvalue weighted by Crippen LogP contribution is 2.24. The van der Waals surface area contributed by atoms with E-state index in [1.54, 1.807) is 17.8 Å². The Morgan fingerprint density at radius 1 is 1.05 bits per heavy atom. The molecule has 4 rings (SSSR count). The van der Waals surface area contributed by atoms with Gasteiger partial charge in [-0.25, -0.2) is 9.97 Å². The van der Waals surface area contributed by atoms with Crippen LogP contribution in [-0.2, 0) is 5.75 Å². The second-order valence-electron chi connectivity index (χ2n) is 9.14. The summed E-state index contributed by atoms with van der Waals surface area (Å²) < 4.78 is 0. The molecule has 1 aliphatic heterocycles. The first-order valence-electron chi connectivity index (χ1n) is 12.7. The number of rotatable bonds is 10. The minimum atomic E-state index is 0.0976. The van der Waals surface area contributed by atoms with Gasteiger partial charge in [0, 0.05) is 63.7 Å². The molecule has 194 valence electrons. The number of piperazine rings is 1. The first-order chi connectivity index (χ1) is 18.0. The Bertz CT molecular complexity index is 1180. The number of hydrogen-bond acceptors (Lipinski definition) is 6. The highest BCUT2D eigenvalue weighted by molar-refractivity contribution is 7.98. The van der Waals surface area contributed by atoms with Gasteiger partial charge in [-0.3, -0.25) is 9.69 Å². The smallest absolute Gasteiger partial charge is 0.253 e. The number of benzene rings is 2. The second kappa shape index (κ2) is 13.6. The fourth-order valence-corrected chi connectivity index (χ4v) is 5.24. The van der Waals surface area contributed by atoms with Crippen LogP contribution in [0.5, 0.6) is 0 Å². The summed E-state index contributed by atoms with van der Waals surface area (Å²) in [4.78, 5) is 28.5. The number of anilines is 1. The monoisotopic (exact) mass is 535 g/mol. The third kappa shape index (κ3) is 8.06. The van der Waals surface area contributed by atoms with Gasteiger partial charge in [-0.1, -0.05) is 84.9 Å². The highest BCUT2D eigenvalue weighted by Gasteiger charge is 2.21. The highest BCUT2D eigenvalue weighted by atomic mass is 35.5. The van der Waals surface area contributed by atoms with Crippen molar-refractivity contribution in [1.29, 1.82) is 0 Å². The lowest BCUT2D eigenvalue weighted by Crippen LogP contribution is -2.48. The van der Waals surface area contributed by atoms with Crippen LogP contribution in [0.3, 0.4) is 0 Å². The number of nitrogens with zero attached hydrogens (tertiary/aromatic N) is 5. The van der Waals surface area contributed by atoms with Gasteiger partial charge in [-0.15, -0.1) is 0 Å². The van der Waals surface area contributed by atoms with Crippen LogP contribution in [0.15, 0.2) is 71.9 Å². The normalized spacial score (nSPS) is 14.3. The van der Waals surface area contributed by atoms with Gasteiger partial charge in [0.15, 0.2) is 5.16 Å². The van der Waals surface area contributed by atoms with Gasteiger partial charge < -0.3 is 9.80 Å². The molecule has 0 unspecified atom stereocenters. The van der Waals surface area contributed by atoms with E-state index in [2.05, 4.69) is 51.0 Å². The molecule has 0 aliphatic carbocycles. The van der Waals surface area contributed by atoms with E-state index in [0.29, 0.717) is 16.1 Å². The zero-order chi connectivity index (χ0) is 26.0. The van der Waals surface area contributed by atoms with Gasteiger partial charge in [0.1, 0.15) is 11.0 Å². The number of aromatic nitrogens is 2. The van der Waals surface area contributed by atoms with Crippen LogP contribution in [0.2, 0.25) is 5.15 Å². The van der Waals surface area contributed by atoms with Crippen molar-refractivity contribution in [3.63, 3.8) is 0 Å². The van der Waals surface area contributed by atoms with Gasteiger partial charge in [0.2, 0.25) is 0 Å². The number of amides is 1. The van der Waals surface area contributed by atoms with E-state index in [9.17, 15) is 4.79 Å². The van der Waals surface area contributed by atoms with E-state index < -0.39 is 0 Å². The molecule has 1 amide bonds. The fourth-order valence-electron chi connectivity index (χ4n) is 4.21. The van der Waals surface area contributed by atoms with Crippen molar-refractivity contribution in [3.8, 4) is 0 Å². The second-order valence-corrected chi connectivity index (χ2v) is 10.5. The quantitative estimate of drug-likeness (QED) is 0.187. The van der Waals surface area contributed by atoms with E-state index in [4.69, 9.17) is 11.6 Å². The Morgan fingerprint density at radius 3 is 2.49 bits per heavy atom. The zero-order valence-corrected chi connectivity index (χ0v) is 23.1. The molecule has 0 saturated carbocycles. The molecule has 2 aromatic carbocycles. The summed E-state index contributed by atoms with van der Waals surface area (Å²) in [7, 11) is 2.01. The summed E-state index contributed by atoms with van der Waals surface area (Å²) in [6.07, 6.45) is 5.38. The molecule has 0 radical (unpaired) electrons. The van der Waals surface area contributed by atoms with Crippen molar-refractivity contribution in [1.82, 2.24) is 19.8 Å². The molecule has 8 heteroatoms. The zero-order valence-electron chi connectivity index (χ0n) is 21.5. The summed E-state index contributed by atoms with van der Waals surface area (Å²) in [6.45, 7) is 7.20. The predicted octanol–water partition coefficient (Wildman–Crippen LogP) is 5.74. The predicted molar refractivity (Wildman–Crippen MR) is 154 cm³/mol. The van der Waals surface area contributed by atoms with Crippen LogP contribution in [0.4, 0.5) is 5.82 Å². The summed E-state index contributed by atoms with van der Waals surface area (Å²) in [5.41, 5.74) is 3.06. The molecule has 6 nitrogen and oxygen atoms in total. The maximum Gasteiger partial charge on any atom is 0.253 e. The maximum absolute atomic E-state index is 13.0. The number of hydrogen-bond donors (Lipinski definition) is 0. The lowest BCUT2D eigenvalue weighted by atomic mass is 10.1. The Morgan fingerprint density at radius 2 is 1.78 bits per heavy atom. The van der Waals surface area contributed by atoms with Crippen LogP contribution in [-0.4, -0.2) is 72.0 Å². The third-order valence-electron chi connectivity index (χ3n) is 6.31. The van der Waals surface area contributed by atoms with Crippen LogP contribution < -0.4 is 4.90 Å². The van der Waals surface area contributed by atoms with Gasteiger partial charge in [0.05, 0.1) is 0 Å². The van der Waals surface area contributed by atoms with Crippen molar-refractivity contribution >= 4 is 41.2 Å². The van der Waals surface area contributed by atoms with Gasteiger partial charge >= 0.3 is 0 Å². The number of carbonyl (C=O) groups is 1. The molecule has 1 aromatic heterocycles.